The van der Waals surface area contributed by atoms with Crippen molar-refractivity contribution in [2.45, 2.75) is 0 Å². The van der Waals surface area contributed by atoms with Gasteiger partial charge < -0.3 is 10.1 Å². The first-order valence-corrected chi connectivity index (χ1v) is 10.4. The predicted octanol–water partition coefficient (Wildman–Crippen LogP) is 4.80. The lowest BCUT2D eigenvalue weighted by atomic mass is 10.1. The average molecular weight is 427 g/mol. The van der Waals surface area contributed by atoms with E-state index in [1.807, 2.05) is 48.7 Å². The number of amides is 1. The first-order chi connectivity index (χ1) is 15.2. The van der Waals surface area contributed by atoms with E-state index in [0.717, 1.165) is 21.6 Å². The normalized spacial score (nSPS) is 10.9. The maximum Gasteiger partial charge on any atom is 0.275 e. The molecule has 0 bridgehead atoms. The van der Waals surface area contributed by atoms with Crippen molar-refractivity contribution >= 4 is 33.8 Å². The van der Waals surface area contributed by atoms with Crippen LogP contribution in [0.4, 0.5) is 5.69 Å². The summed E-state index contributed by atoms with van der Waals surface area (Å²) in [7, 11) is 1.60. The Morgan fingerprint density at radius 3 is 2.81 bits per heavy atom. The number of nitrogens with zero attached hydrogens (tertiary/aromatic N) is 4. The number of para-hydroxylation sites is 1. The molecule has 8 heteroatoms. The van der Waals surface area contributed by atoms with Gasteiger partial charge in [0.15, 0.2) is 0 Å². The molecule has 3 heterocycles. The molecule has 31 heavy (non-hydrogen) atoms. The van der Waals surface area contributed by atoms with Crippen LogP contribution in [0.1, 0.15) is 10.5 Å². The quantitative estimate of drug-likeness (QED) is 0.435. The number of methoxy groups -OCH3 is 1. The summed E-state index contributed by atoms with van der Waals surface area (Å²) < 4.78 is 7.15. The highest BCUT2D eigenvalue weighted by molar-refractivity contribution is 7.13. The third-order valence-electron chi connectivity index (χ3n) is 4.79. The Hall–Kier alpha value is -4.04. The van der Waals surface area contributed by atoms with Gasteiger partial charge >= 0.3 is 0 Å². The second-order valence-corrected chi connectivity index (χ2v) is 7.57. The number of hydrogen-bond donors (Lipinski definition) is 1. The lowest BCUT2D eigenvalue weighted by Crippen LogP contribution is -2.12. The number of benzene rings is 2. The molecule has 0 radical (unpaired) electrons. The van der Waals surface area contributed by atoms with Crippen LogP contribution in [0, 0.1) is 0 Å². The van der Waals surface area contributed by atoms with E-state index in [0.29, 0.717) is 22.6 Å². The largest absolute Gasteiger partial charge is 0.494 e. The number of fused-ring (bicyclic) bond motifs is 1. The molecule has 0 aliphatic carbocycles. The smallest absolute Gasteiger partial charge is 0.275 e. The summed E-state index contributed by atoms with van der Waals surface area (Å²) >= 11 is 1.40. The minimum Gasteiger partial charge on any atom is -0.494 e. The van der Waals surface area contributed by atoms with E-state index in [1.165, 1.54) is 11.3 Å². The highest BCUT2D eigenvalue weighted by Gasteiger charge is 2.16. The van der Waals surface area contributed by atoms with Gasteiger partial charge in [-0.05, 0) is 36.4 Å². The van der Waals surface area contributed by atoms with E-state index in [9.17, 15) is 4.79 Å². The molecule has 3 aromatic heterocycles. The summed E-state index contributed by atoms with van der Waals surface area (Å²) in [4.78, 5) is 21.7. The van der Waals surface area contributed by atoms with E-state index >= 15 is 0 Å². The molecule has 0 aliphatic heterocycles. The maximum absolute atomic E-state index is 12.8. The number of ether oxygens (including phenoxy) is 1. The SMILES string of the molecule is COc1ccc(NC(=O)c2csc(-c3cnn(-c4ccccc4)c3)n2)c2cccnc12. The monoisotopic (exact) mass is 427 g/mol. The Morgan fingerprint density at radius 1 is 1.10 bits per heavy atom. The van der Waals surface area contributed by atoms with Crippen molar-refractivity contribution in [1.82, 2.24) is 19.7 Å². The first kappa shape index (κ1) is 19.0. The molecular weight excluding hydrogens is 410 g/mol. The topological polar surface area (TPSA) is 81.9 Å². The van der Waals surface area contributed by atoms with E-state index in [-0.39, 0.29) is 5.91 Å². The number of carbonyl (C=O) groups excluding carboxylic acids is 1. The summed E-state index contributed by atoms with van der Waals surface area (Å²) in [5.41, 5.74) is 3.51. The highest BCUT2D eigenvalue weighted by atomic mass is 32.1. The average Bonchev–Trinajstić information content (AvgIpc) is 3.50. The van der Waals surface area contributed by atoms with Gasteiger partial charge in [0.2, 0.25) is 0 Å². The van der Waals surface area contributed by atoms with Crippen molar-refractivity contribution < 1.29 is 9.53 Å². The first-order valence-electron chi connectivity index (χ1n) is 9.52. The molecule has 1 amide bonds. The Morgan fingerprint density at radius 2 is 1.97 bits per heavy atom. The molecule has 0 spiro atoms. The van der Waals surface area contributed by atoms with Crippen LogP contribution in [0.3, 0.4) is 0 Å². The molecule has 0 atom stereocenters. The summed E-state index contributed by atoms with van der Waals surface area (Å²) in [6.07, 6.45) is 5.34. The second kappa shape index (κ2) is 8.00. The summed E-state index contributed by atoms with van der Waals surface area (Å²) in [6, 6.07) is 17.1. The Labute approximate surface area is 182 Å². The zero-order valence-electron chi connectivity index (χ0n) is 16.5. The van der Waals surface area contributed by atoms with Crippen molar-refractivity contribution in [3.8, 4) is 22.0 Å². The van der Waals surface area contributed by atoms with Crippen LogP contribution in [0.15, 0.2) is 78.6 Å². The van der Waals surface area contributed by atoms with Crippen molar-refractivity contribution in [2.24, 2.45) is 0 Å². The van der Waals surface area contributed by atoms with Crippen LogP contribution in [0.25, 0.3) is 27.2 Å². The number of carbonyl (C=O) groups is 1. The third-order valence-corrected chi connectivity index (χ3v) is 5.68. The molecule has 0 saturated heterocycles. The number of pyridine rings is 1. The predicted molar refractivity (Wildman–Crippen MR) is 121 cm³/mol. The molecular formula is C23H17N5O2S. The third kappa shape index (κ3) is 3.64. The minimum absolute atomic E-state index is 0.284. The van der Waals surface area contributed by atoms with E-state index in [2.05, 4.69) is 20.4 Å². The number of anilines is 1. The minimum atomic E-state index is -0.284. The molecule has 0 saturated carbocycles. The van der Waals surface area contributed by atoms with Crippen LogP contribution in [0.2, 0.25) is 0 Å². The molecule has 0 unspecified atom stereocenters. The zero-order valence-corrected chi connectivity index (χ0v) is 17.3. The summed E-state index contributed by atoms with van der Waals surface area (Å²) in [5, 5.41) is 10.6. The second-order valence-electron chi connectivity index (χ2n) is 6.72. The molecule has 7 nitrogen and oxygen atoms in total. The zero-order chi connectivity index (χ0) is 21.2. The fraction of sp³-hybridized carbons (Fsp3) is 0.0435. The Balaban J connectivity index is 1.39. The van der Waals surface area contributed by atoms with E-state index in [4.69, 9.17) is 4.74 Å². The van der Waals surface area contributed by atoms with E-state index < -0.39 is 0 Å². The fourth-order valence-corrected chi connectivity index (χ4v) is 4.05. The van der Waals surface area contributed by atoms with Crippen molar-refractivity contribution in [3.05, 3.63) is 84.3 Å². The van der Waals surface area contributed by atoms with Gasteiger partial charge in [-0.25, -0.2) is 9.67 Å². The van der Waals surface area contributed by atoms with Crippen molar-refractivity contribution in [3.63, 3.8) is 0 Å². The van der Waals surface area contributed by atoms with Gasteiger partial charge in [-0.2, -0.15) is 5.10 Å². The van der Waals surface area contributed by atoms with Crippen LogP contribution in [0.5, 0.6) is 5.75 Å². The van der Waals surface area contributed by atoms with Gasteiger partial charge in [-0.15, -0.1) is 11.3 Å². The number of rotatable bonds is 5. The van der Waals surface area contributed by atoms with Crippen LogP contribution >= 0.6 is 11.3 Å². The maximum atomic E-state index is 12.8. The number of aromatic nitrogens is 4. The number of hydrogen-bond acceptors (Lipinski definition) is 6. The Kier molecular flexibility index (Phi) is 4.89. The molecule has 152 valence electrons. The van der Waals surface area contributed by atoms with Gasteiger partial charge in [-0.1, -0.05) is 18.2 Å². The summed E-state index contributed by atoms with van der Waals surface area (Å²) in [6.45, 7) is 0. The summed E-state index contributed by atoms with van der Waals surface area (Å²) in [5.74, 6) is 0.369. The van der Waals surface area contributed by atoms with Crippen LogP contribution < -0.4 is 10.1 Å². The van der Waals surface area contributed by atoms with Crippen molar-refractivity contribution in [2.75, 3.05) is 12.4 Å². The molecule has 5 aromatic rings. The molecule has 0 fully saturated rings. The van der Waals surface area contributed by atoms with Crippen molar-refractivity contribution in [1.29, 1.82) is 0 Å². The lowest BCUT2D eigenvalue weighted by Gasteiger charge is -2.10. The number of thiazole rings is 1. The van der Waals surface area contributed by atoms with Crippen LogP contribution in [-0.4, -0.2) is 32.8 Å². The van der Waals surface area contributed by atoms with Gasteiger partial charge in [0.05, 0.1) is 24.7 Å². The molecule has 1 N–H and O–H groups in total. The van der Waals surface area contributed by atoms with Gasteiger partial charge in [0.1, 0.15) is 22.0 Å². The lowest BCUT2D eigenvalue weighted by molar-refractivity contribution is 0.102. The fourth-order valence-electron chi connectivity index (χ4n) is 3.27. The van der Waals surface area contributed by atoms with Gasteiger partial charge in [0.25, 0.3) is 5.91 Å². The molecule has 2 aromatic carbocycles. The van der Waals surface area contributed by atoms with Crippen LogP contribution in [-0.2, 0) is 0 Å². The van der Waals surface area contributed by atoms with Gasteiger partial charge in [0, 0.05) is 28.7 Å². The standard InChI is InChI=1S/C23H17N5O2S/c1-30-20-10-9-18(17-8-5-11-24-21(17)20)26-22(29)19-14-31-23(27-19)15-12-25-28(13-15)16-6-3-2-4-7-16/h2-14H,1H3,(H,26,29). The highest BCUT2D eigenvalue weighted by Crippen LogP contribution is 2.30. The van der Waals surface area contributed by atoms with Gasteiger partial charge in [-0.3, -0.25) is 9.78 Å². The molecule has 5 rings (SSSR count). The van der Waals surface area contributed by atoms with E-state index in [1.54, 1.807) is 41.7 Å². The number of nitrogens with one attached hydrogen (secondary N) is 1. The Bertz CT molecular complexity index is 1380. The molecule has 0 aliphatic rings.